The largest absolute Gasteiger partial charge is 0.497 e. The van der Waals surface area contributed by atoms with Gasteiger partial charge in [0, 0.05) is 0 Å². The van der Waals surface area contributed by atoms with E-state index < -0.39 is 0 Å². The van der Waals surface area contributed by atoms with Gasteiger partial charge in [-0.05, 0) is 23.8 Å². The monoisotopic (exact) mass is 332 g/mol. The van der Waals surface area contributed by atoms with Crippen LogP contribution in [0.5, 0.6) is 5.75 Å². The van der Waals surface area contributed by atoms with E-state index in [2.05, 4.69) is 0 Å². The minimum Gasteiger partial charge on any atom is -0.497 e. The Hall–Kier alpha value is -1.04. The molecule has 4 heteroatoms. The third-order valence-corrected chi connectivity index (χ3v) is 2.50. The molecule has 0 unspecified atom stereocenters. The van der Waals surface area contributed by atoms with Crippen LogP contribution in [0.25, 0.3) is 6.08 Å². The van der Waals surface area contributed by atoms with Gasteiger partial charge in [-0.3, -0.25) is 4.79 Å². The number of carbonyl (C=O) groups excluding carboxylic acids is 1. The third kappa shape index (κ3) is 4.65. The Balaban J connectivity index is 2.40. The van der Waals surface area contributed by atoms with Gasteiger partial charge in [0.15, 0.2) is 0 Å². The molecule has 0 fully saturated rings. The average molecular weight is 332 g/mol. The molecule has 1 aromatic carbocycles. The van der Waals surface area contributed by atoms with E-state index in [0.717, 1.165) is 11.3 Å². The van der Waals surface area contributed by atoms with Gasteiger partial charge in [0.2, 0.25) is 0 Å². The van der Waals surface area contributed by atoms with Gasteiger partial charge in [0.1, 0.15) is 12.4 Å². The van der Waals surface area contributed by atoms with Gasteiger partial charge in [0.25, 0.3) is 0 Å². The van der Waals surface area contributed by atoms with E-state index in [9.17, 15) is 4.79 Å². The van der Waals surface area contributed by atoms with Crippen LogP contribution in [0.4, 0.5) is 0 Å². The summed E-state index contributed by atoms with van der Waals surface area (Å²) in [5.74, 6) is 0.633. The van der Waals surface area contributed by atoms with Crippen LogP contribution in [0.2, 0.25) is 0 Å². The molecular formula is C12H13IO3. The Morgan fingerprint density at radius 1 is 1.38 bits per heavy atom. The predicted molar refractivity (Wildman–Crippen MR) is 71.9 cm³/mol. The van der Waals surface area contributed by atoms with Crippen LogP contribution in [0, 0.1) is 0 Å². The van der Waals surface area contributed by atoms with E-state index >= 15 is 0 Å². The Bertz CT molecular complexity index is 357. The molecule has 3 nitrogen and oxygen atoms in total. The van der Waals surface area contributed by atoms with Crippen molar-refractivity contribution in [2.24, 2.45) is 0 Å². The molecule has 0 radical (unpaired) electrons. The zero-order chi connectivity index (χ0) is 11.8. The van der Waals surface area contributed by atoms with Crippen molar-refractivity contribution >= 4 is 34.6 Å². The second-order valence-electron chi connectivity index (χ2n) is 2.99. The fourth-order valence-electron chi connectivity index (χ4n) is 1.08. The van der Waals surface area contributed by atoms with Gasteiger partial charge in [-0.2, -0.15) is 0 Å². The SMILES string of the molecule is COc1ccc(/C=C/COC(=O)CI)cc1. The number of alkyl halides is 1. The molecule has 1 aromatic rings. The number of methoxy groups -OCH3 is 1. The molecule has 0 aliphatic rings. The molecule has 0 N–H and O–H groups in total. The second-order valence-corrected chi connectivity index (χ2v) is 3.75. The number of benzene rings is 1. The van der Waals surface area contributed by atoms with Gasteiger partial charge >= 0.3 is 5.97 Å². The molecule has 0 aromatic heterocycles. The van der Waals surface area contributed by atoms with E-state index in [1.54, 1.807) is 7.11 Å². The first-order chi connectivity index (χ1) is 7.76. The van der Waals surface area contributed by atoms with Gasteiger partial charge in [-0.1, -0.05) is 40.8 Å². The first-order valence-corrected chi connectivity index (χ1v) is 6.31. The van der Waals surface area contributed by atoms with Crippen LogP contribution in [0.3, 0.4) is 0 Å². The van der Waals surface area contributed by atoms with Crippen LogP contribution in [0.1, 0.15) is 5.56 Å². The van der Waals surface area contributed by atoms with Crippen LogP contribution in [-0.4, -0.2) is 24.1 Å². The molecule has 0 saturated heterocycles. The molecule has 0 saturated carbocycles. The molecule has 1 rings (SSSR count). The molecule has 0 bridgehead atoms. The zero-order valence-electron chi connectivity index (χ0n) is 8.98. The standard InChI is InChI=1S/C12H13IO3/c1-15-11-6-4-10(5-7-11)3-2-8-16-12(14)9-13/h2-7H,8-9H2,1H3/b3-2+. The number of halogens is 1. The van der Waals surface area contributed by atoms with Crippen LogP contribution >= 0.6 is 22.6 Å². The van der Waals surface area contributed by atoms with E-state index in [4.69, 9.17) is 9.47 Å². The first-order valence-electron chi connectivity index (χ1n) is 4.78. The summed E-state index contributed by atoms with van der Waals surface area (Å²) in [7, 11) is 1.63. The second kappa shape index (κ2) is 7.27. The molecule has 0 aliphatic carbocycles. The van der Waals surface area contributed by atoms with E-state index in [-0.39, 0.29) is 5.97 Å². The fourth-order valence-corrected chi connectivity index (χ4v) is 1.30. The van der Waals surface area contributed by atoms with E-state index in [0.29, 0.717) is 11.0 Å². The first kappa shape index (κ1) is 13.0. The number of carbonyl (C=O) groups is 1. The third-order valence-electron chi connectivity index (χ3n) is 1.88. The van der Waals surface area contributed by atoms with E-state index in [1.165, 1.54) is 0 Å². The topological polar surface area (TPSA) is 35.5 Å². The minimum absolute atomic E-state index is 0.194. The molecule has 0 spiro atoms. The van der Waals surface area contributed by atoms with Gasteiger partial charge in [-0.15, -0.1) is 0 Å². The van der Waals surface area contributed by atoms with Gasteiger partial charge < -0.3 is 9.47 Å². The van der Waals surface area contributed by atoms with Crippen molar-refractivity contribution in [2.75, 3.05) is 18.1 Å². The van der Waals surface area contributed by atoms with Crippen molar-refractivity contribution < 1.29 is 14.3 Å². The molecule has 0 heterocycles. The summed E-state index contributed by atoms with van der Waals surface area (Å²) in [6.07, 6.45) is 3.71. The zero-order valence-corrected chi connectivity index (χ0v) is 11.1. The van der Waals surface area contributed by atoms with Crippen LogP contribution < -0.4 is 4.74 Å². The maximum absolute atomic E-state index is 10.8. The van der Waals surface area contributed by atoms with Crippen molar-refractivity contribution in [3.63, 3.8) is 0 Å². The smallest absolute Gasteiger partial charge is 0.316 e. The number of hydrogen-bond donors (Lipinski definition) is 0. The Kier molecular flexibility index (Phi) is 5.92. The molecule has 86 valence electrons. The van der Waals surface area contributed by atoms with Crippen molar-refractivity contribution in [1.29, 1.82) is 0 Å². The normalized spacial score (nSPS) is 10.4. The van der Waals surface area contributed by atoms with Gasteiger partial charge in [-0.25, -0.2) is 0 Å². The lowest BCUT2D eigenvalue weighted by atomic mass is 10.2. The molecular weight excluding hydrogens is 319 g/mol. The van der Waals surface area contributed by atoms with Crippen LogP contribution in [-0.2, 0) is 9.53 Å². The molecule has 16 heavy (non-hydrogen) atoms. The maximum atomic E-state index is 10.8. The fraction of sp³-hybridized carbons (Fsp3) is 0.250. The molecule has 0 amide bonds. The maximum Gasteiger partial charge on any atom is 0.316 e. The predicted octanol–water partition coefficient (Wildman–Crippen LogP) is 2.69. The highest BCUT2D eigenvalue weighted by Gasteiger charge is 1.95. The summed E-state index contributed by atoms with van der Waals surface area (Å²) in [6, 6.07) is 7.65. The number of rotatable bonds is 5. The quantitative estimate of drug-likeness (QED) is 0.472. The molecule has 0 aliphatic heterocycles. The van der Waals surface area contributed by atoms with E-state index in [1.807, 2.05) is 59.0 Å². The lowest BCUT2D eigenvalue weighted by molar-refractivity contribution is -0.138. The lowest BCUT2D eigenvalue weighted by Gasteiger charge is -1.99. The van der Waals surface area contributed by atoms with Crippen LogP contribution in [0.15, 0.2) is 30.3 Å². The summed E-state index contributed by atoms with van der Waals surface area (Å²) >= 11 is 1.97. The summed E-state index contributed by atoms with van der Waals surface area (Å²) in [5.41, 5.74) is 1.05. The number of ether oxygens (including phenoxy) is 2. The summed E-state index contributed by atoms with van der Waals surface area (Å²) in [6.45, 7) is 0.313. The lowest BCUT2D eigenvalue weighted by Crippen LogP contribution is -2.04. The highest BCUT2D eigenvalue weighted by atomic mass is 127. The number of hydrogen-bond acceptors (Lipinski definition) is 3. The average Bonchev–Trinajstić information content (AvgIpc) is 2.35. The highest BCUT2D eigenvalue weighted by molar-refractivity contribution is 14.1. The van der Waals surface area contributed by atoms with Crippen molar-refractivity contribution in [3.05, 3.63) is 35.9 Å². The van der Waals surface area contributed by atoms with Crippen molar-refractivity contribution in [1.82, 2.24) is 0 Å². The van der Waals surface area contributed by atoms with Gasteiger partial charge in [0.05, 0.1) is 11.5 Å². The van der Waals surface area contributed by atoms with Crippen molar-refractivity contribution in [2.45, 2.75) is 0 Å². The molecule has 0 atom stereocenters. The Morgan fingerprint density at radius 2 is 2.06 bits per heavy atom. The summed E-state index contributed by atoms with van der Waals surface area (Å²) in [5, 5.41) is 0. The summed E-state index contributed by atoms with van der Waals surface area (Å²) in [4.78, 5) is 10.8. The summed E-state index contributed by atoms with van der Waals surface area (Å²) < 4.78 is 10.3. The Labute approximate surface area is 109 Å². The minimum atomic E-state index is -0.194. The highest BCUT2D eigenvalue weighted by Crippen LogP contribution is 2.12. The van der Waals surface area contributed by atoms with Crippen molar-refractivity contribution in [3.8, 4) is 5.75 Å². The Morgan fingerprint density at radius 3 is 2.62 bits per heavy atom. The number of esters is 1.